The summed E-state index contributed by atoms with van der Waals surface area (Å²) >= 11 is 0. The molecule has 0 spiro atoms. The maximum Gasteiger partial charge on any atom is 0.244 e. The normalized spacial score (nSPS) is 15.5. The number of nitrogens with zero attached hydrogens (tertiary/aromatic N) is 3. The molecule has 0 bridgehead atoms. The van der Waals surface area contributed by atoms with Gasteiger partial charge in [-0.2, -0.15) is 4.31 Å². The number of hydrogen-bond donors (Lipinski definition) is 1. The molecule has 1 aromatic heterocycles. The summed E-state index contributed by atoms with van der Waals surface area (Å²) in [5, 5.41) is 3.28. The highest BCUT2D eigenvalue weighted by Crippen LogP contribution is 2.22. The van der Waals surface area contributed by atoms with Crippen molar-refractivity contribution in [3.05, 3.63) is 47.7 Å². The van der Waals surface area contributed by atoms with Crippen LogP contribution in [0.5, 0.6) is 0 Å². The predicted octanol–water partition coefficient (Wildman–Crippen LogP) is 3.24. The summed E-state index contributed by atoms with van der Waals surface area (Å²) in [7, 11) is 0.621. The van der Waals surface area contributed by atoms with E-state index in [9.17, 15) is 8.42 Å². The monoisotopic (exact) mass is 388 g/mol. The number of aryl methyl sites for hydroxylation is 1. The largest absolute Gasteiger partial charge is 0.378 e. The maximum absolute atomic E-state index is 12.7. The van der Waals surface area contributed by atoms with E-state index in [2.05, 4.69) is 40.3 Å². The maximum atomic E-state index is 12.7. The van der Waals surface area contributed by atoms with E-state index in [1.165, 1.54) is 23.0 Å². The molecule has 0 radical (unpaired) electrons. The van der Waals surface area contributed by atoms with Crippen molar-refractivity contribution in [3.8, 4) is 0 Å². The Morgan fingerprint density at radius 2 is 1.85 bits per heavy atom. The Morgan fingerprint density at radius 1 is 1.11 bits per heavy atom. The number of benzene rings is 1. The van der Waals surface area contributed by atoms with Gasteiger partial charge in [-0.15, -0.1) is 0 Å². The van der Waals surface area contributed by atoms with Crippen molar-refractivity contribution >= 4 is 21.5 Å². The number of piperidine rings is 1. The molecule has 1 saturated heterocycles. The molecule has 3 rings (SSSR count). The van der Waals surface area contributed by atoms with Crippen LogP contribution in [0.2, 0.25) is 0 Å². The van der Waals surface area contributed by atoms with Gasteiger partial charge in [0.2, 0.25) is 10.0 Å². The van der Waals surface area contributed by atoms with E-state index in [0.717, 1.165) is 19.3 Å². The van der Waals surface area contributed by atoms with E-state index in [1.807, 2.05) is 14.1 Å². The molecule has 1 aliphatic heterocycles. The number of nitrogens with one attached hydrogen (secondary N) is 1. The molecule has 2 aromatic rings. The molecule has 0 amide bonds. The third-order valence-electron chi connectivity index (χ3n) is 4.99. The standard InChI is InChI=1S/C20H28N4O2S/c1-16-13-18(23(2)3)8-7-17(16)14-21-20-10-9-19(15-22-20)27(25,26)24-11-5-4-6-12-24/h7-10,13,15H,4-6,11-12,14H2,1-3H3,(H,21,22). The van der Waals surface area contributed by atoms with Gasteiger partial charge in [-0.05, 0) is 55.2 Å². The number of aromatic nitrogens is 1. The lowest BCUT2D eigenvalue weighted by Gasteiger charge is -2.25. The van der Waals surface area contributed by atoms with Gasteiger partial charge in [0.1, 0.15) is 10.7 Å². The topological polar surface area (TPSA) is 65.5 Å². The van der Waals surface area contributed by atoms with Crippen LogP contribution in [0.25, 0.3) is 0 Å². The molecule has 1 aliphatic rings. The molecule has 6 nitrogen and oxygen atoms in total. The van der Waals surface area contributed by atoms with Crippen molar-refractivity contribution in [2.75, 3.05) is 37.4 Å². The van der Waals surface area contributed by atoms with Gasteiger partial charge in [0.25, 0.3) is 0 Å². The summed E-state index contributed by atoms with van der Waals surface area (Å²) in [4.78, 5) is 6.65. The van der Waals surface area contributed by atoms with Crippen LogP contribution in [-0.4, -0.2) is 44.9 Å². The average molecular weight is 389 g/mol. The Labute approximate surface area is 162 Å². The summed E-state index contributed by atoms with van der Waals surface area (Å²) in [5.74, 6) is 0.670. The molecule has 1 fully saturated rings. The molecule has 1 aromatic carbocycles. The Hall–Kier alpha value is -2.12. The summed E-state index contributed by atoms with van der Waals surface area (Å²) in [6, 6.07) is 9.72. The fraction of sp³-hybridized carbons (Fsp3) is 0.450. The minimum absolute atomic E-state index is 0.265. The predicted molar refractivity (Wildman–Crippen MR) is 110 cm³/mol. The minimum Gasteiger partial charge on any atom is -0.378 e. The third-order valence-corrected chi connectivity index (χ3v) is 6.87. The van der Waals surface area contributed by atoms with Crippen LogP contribution in [0.4, 0.5) is 11.5 Å². The number of sulfonamides is 1. The SMILES string of the molecule is Cc1cc(N(C)C)ccc1CNc1ccc(S(=O)(=O)N2CCCCC2)cn1. The highest BCUT2D eigenvalue weighted by atomic mass is 32.2. The smallest absolute Gasteiger partial charge is 0.244 e. The Morgan fingerprint density at radius 3 is 2.44 bits per heavy atom. The van der Waals surface area contributed by atoms with Crippen LogP contribution in [0.1, 0.15) is 30.4 Å². The van der Waals surface area contributed by atoms with Crippen molar-refractivity contribution in [1.29, 1.82) is 0 Å². The van der Waals surface area contributed by atoms with Gasteiger partial charge in [-0.1, -0.05) is 12.5 Å². The number of rotatable bonds is 6. The van der Waals surface area contributed by atoms with Crippen LogP contribution in [-0.2, 0) is 16.6 Å². The molecule has 0 atom stereocenters. The van der Waals surface area contributed by atoms with Crippen molar-refractivity contribution in [3.63, 3.8) is 0 Å². The molecule has 27 heavy (non-hydrogen) atoms. The van der Waals surface area contributed by atoms with Gasteiger partial charge in [-0.3, -0.25) is 0 Å². The summed E-state index contributed by atoms with van der Waals surface area (Å²) < 4.78 is 26.9. The molecule has 1 N–H and O–H groups in total. The Kier molecular flexibility index (Phi) is 6.01. The van der Waals surface area contributed by atoms with Crippen LogP contribution in [0.15, 0.2) is 41.4 Å². The van der Waals surface area contributed by atoms with Crippen LogP contribution in [0.3, 0.4) is 0 Å². The number of pyridine rings is 1. The Balaban J connectivity index is 1.66. The number of hydrogen-bond acceptors (Lipinski definition) is 5. The van der Waals surface area contributed by atoms with E-state index in [0.29, 0.717) is 25.5 Å². The first-order valence-corrected chi connectivity index (χ1v) is 10.8. The second kappa shape index (κ2) is 8.27. The van der Waals surface area contributed by atoms with Gasteiger partial charge in [0.15, 0.2) is 0 Å². The van der Waals surface area contributed by atoms with Gasteiger partial charge < -0.3 is 10.2 Å². The molecule has 2 heterocycles. The molecule has 0 unspecified atom stereocenters. The molecule has 7 heteroatoms. The van der Waals surface area contributed by atoms with E-state index in [1.54, 1.807) is 16.4 Å². The van der Waals surface area contributed by atoms with E-state index < -0.39 is 10.0 Å². The fourth-order valence-corrected chi connectivity index (χ4v) is 4.70. The first-order valence-electron chi connectivity index (χ1n) is 9.35. The second-order valence-electron chi connectivity index (χ2n) is 7.20. The lowest BCUT2D eigenvalue weighted by Crippen LogP contribution is -2.35. The van der Waals surface area contributed by atoms with E-state index in [4.69, 9.17) is 0 Å². The van der Waals surface area contributed by atoms with Crippen LogP contribution in [0, 0.1) is 6.92 Å². The summed E-state index contributed by atoms with van der Waals surface area (Å²) in [5.41, 5.74) is 3.56. The molecular formula is C20H28N4O2S. The van der Waals surface area contributed by atoms with Gasteiger partial charge in [0, 0.05) is 45.6 Å². The first-order chi connectivity index (χ1) is 12.9. The number of anilines is 2. The van der Waals surface area contributed by atoms with Crippen molar-refractivity contribution in [2.24, 2.45) is 0 Å². The Bertz CT molecular complexity index is 873. The molecule has 146 valence electrons. The lowest BCUT2D eigenvalue weighted by atomic mass is 10.1. The van der Waals surface area contributed by atoms with Gasteiger partial charge >= 0.3 is 0 Å². The van der Waals surface area contributed by atoms with Crippen molar-refractivity contribution < 1.29 is 8.42 Å². The minimum atomic E-state index is -3.43. The summed E-state index contributed by atoms with van der Waals surface area (Å²) in [6.07, 6.45) is 4.41. The third kappa shape index (κ3) is 4.59. The van der Waals surface area contributed by atoms with Crippen molar-refractivity contribution in [1.82, 2.24) is 9.29 Å². The van der Waals surface area contributed by atoms with Crippen LogP contribution >= 0.6 is 0 Å². The summed E-state index contributed by atoms with van der Waals surface area (Å²) in [6.45, 7) is 3.94. The second-order valence-corrected chi connectivity index (χ2v) is 9.14. The fourth-order valence-electron chi connectivity index (χ4n) is 3.23. The van der Waals surface area contributed by atoms with Gasteiger partial charge in [0.05, 0.1) is 0 Å². The highest BCUT2D eigenvalue weighted by molar-refractivity contribution is 7.89. The molecular weight excluding hydrogens is 360 g/mol. The molecule has 0 saturated carbocycles. The zero-order chi connectivity index (χ0) is 19.4. The highest BCUT2D eigenvalue weighted by Gasteiger charge is 2.26. The molecule has 0 aliphatic carbocycles. The van der Waals surface area contributed by atoms with E-state index in [-0.39, 0.29) is 4.90 Å². The zero-order valence-electron chi connectivity index (χ0n) is 16.3. The van der Waals surface area contributed by atoms with Crippen molar-refractivity contribution in [2.45, 2.75) is 37.6 Å². The lowest BCUT2D eigenvalue weighted by molar-refractivity contribution is 0.346. The zero-order valence-corrected chi connectivity index (χ0v) is 17.1. The van der Waals surface area contributed by atoms with Crippen LogP contribution < -0.4 is 10.2 Å². The first kappa shape index (κ1) is 19.6. The van der Waals surface area contributed by atoms with E-state index >= 15 is 0 Å². The van der Waals surface area contributed by atoms with Gasteiger partial charge in [-0.25, -0.2) is 13.4 Å². The quantitative estimate of drug-likeness (QED) is 0.823. The average Bonchev–Trinajstić information content (AvgIpc) is 2.68.